The van der Waals surface area contributed by atoms with Crippen LogP contribution in [0.25, 0.3) is 28.1 Å². The van der Waals surface area contributed by atoms with Crippen LogP contribution in [0.15, 0.2) is 54.1 Å². The molecule has 2 aromatic carbocycles. The average molecular weight is 504 g/mol. The number of rotatable bonds is 10. The molecule has 1 unspecified atom stereocenters. The van der Waals surface area contributed by atoms with Crippen molar-refractivity contribution >= 4 is 28.4 Å². The van der Waals surface area contributed by atoms with E-state index in [1.54, 1.807) is 0 Å². The molecule has 1 aromatic heterocycles. The highest BCUT2D eigenvalue weighted by Gasteiger charge is 2.14. The number of hydrogen-bond acceptors (Lipinski definition) is 7. The van der Waals surface area contributed by atoms with E-state index >= 15 is 0 Å². The van der Waals surface area contributed by atoms with E-state index in [4.69, 9.17) is 9.84 Å². The minimum atomic E-state index is -1.07. The number of carbonyl (C=O) groups excluding carboxylic acids is 1. The first kappa shape index (κ1) is 26.4. The number of nitrogens with one attached hydrogen (secondary N) is 2. The Kier molecular flexibility index (Phi) is 8.93. The zero-order valence-electron chi connectivity index (χ0n) is 21.0. The summed E-state index contributed by atoms with van der Waals surface area (Å²) in [6, 6.07) is 18.4. The second-order valence-corrected chi connectivity index (χ2v) is 9.08. The molecule has 4 rings (SSSR count). The number of amides is 1. The average Bonchev–Trinajstić information content (AvgIpc) is 3.29. The van der Waals surface area contributed by atoms with Crippen molar-refractivity contribution in [3.8, 4) is 17.3 Å². The van der Waals surface area contributed by atoms with Gasteiger partial charge in [0.15, 0.2) is 0 Å². The Balaban J connectivity index is 1.45. The van der Waals surface area contributed by atoms with Gasteiger partial charge in [0, 0.05) is 56.8 Å². The minimum Gasteiger partial charge on any atom is -0.394 e. The molecule has 2 heterocycles. The van der Waals surface area contributed by atoms with Crippen molar-refractivity contribution in [2.24, 2.45) is 7.05 Å². The largest absolute Gasteiger partial charge is 0.394 e. The van der Waals surface area contributed by atoms with Gasteiger partial charge in [-0.15, -0.1) is 0 Å². The molecular weight excluding hydrogens is 470 g/mol. The number of benzene rings is 2. The standard InChI is InChI=1S/C28H33N5O4/c1-32-25(16-23(17-29)28(36)31-18-26(35)19-34)6-7-27(32)22-3-2-21-15-24(5-4-20(21)14-22)30-8-9-33-10-12-37-13-11-33/h2-7,14-16,26,30,34-35H,8-13,18-19H2,1H3,(H,31,36)/b23-16+. The maximum absolute atomic E-state index is 12.3. The molecule has 1 aliphatic heterocycles. The van der Waals surface area contributed by atoms with E-state index in [-0.39, 0.29) is 12.1 Å². The SMILES string of the molecule is Cn1c(/C=C(\C#N)C(=O)NCC(O)CO)ccc1-c1ccc2cc(NCCN3CCOCC3)ccc2c1. The minimum absolute atomic E-state index is 0.0787. The topological polar surface area (TPSA) is 123 Å². The maximum atomic E-state index is 12.3. The van der Waals surface area contributed by atoms with Crippen molar-refractivity contribution in [3.05, 3.63) is 59.8 Å². The van der Waals surface area contributed by atoms with Crippen molar-refractivity contribution in [2.45, 2.75) is 6.10 Å². The van der Waals surface area contributed by atoms with Gasteiger partial charge >= 0.3 is 0 Å². The predicted octanol–water partition coefficient (Wildman–Crippen LogP) is 1.97. The molecule has 194 valence electrons. The van der Waals surface area contributed by atoms with Crippen LogP contribution in [0.2, 0.25) is 0 Å². The number of nitrogens with zero attached hydrogens (tertiary/aromatic N) is 3. The third kappa shape index (κ3) is 6.76. The van der Waals surface area contributed by atoms with Crippen LogP contribution in [0.4, 0.5) is 5.69 Å². The van der Waals surface area contributed by atoms with E-state index < -0.39 is 18.6 Å². The van der Waals surface area contributed by atoms with Gasteiger partial charge in [-0.25, -0.2) is 0 Å². The fourth-order valence-corrected chi connectivity index (χ4v) is 4.33. The van der Waals surface area contributed by atoms with Gasteiger partial charge in [0.2, 0.25) is 0 Å². The number of anilines is 1. The smallest absolute Gasteiger partial charge is 0.262 e. The molecule has 1 fully saturated rings. The third-order valence-electron chi connectivity index (χ3n) is 6.52. The summed E-state index contributed by atoms with van der Waals surface area (Å²) < 4.78 is 7.33. The molecule has 9 nitrogen and oxygen atoms in total. The molecule has 37 heavy (non-hydrogen) atoms. The second-order valence-electron chi connectivity index (χ2n) is 9.08. The van der Waals surface area contributed by atoms with Crippen molar-refractivity contribution < 1.29 is 19.7 Å². The van der Waals surface area contributed by atoms with Crippen molar-refractivity contribution in [1.82, 2.24) is 14.8 Å². The lowest BCUT2D eigenvalue weighted by Crippen LogP contribution is -2.38. The van der Waals surface area contributed by atoms with E-state index in [1.807, 2.05) is 29.8 Å². The number of ether oxygens (including phenoxy) is 1. The molecule has 0 saturated carbocycles. The van der Waals surface area contributed by atoms with Crippen LogP contribution in [0.5, 0.6) is 0 Å². The molecule has 0 aliphatic carbocycles. The van der Waals surface area contributed by atoms with Crippen LogP contribution < -0.4 is 10.6 Å². The summed E-state index contributed by atoms with van der Waals surface area (Å²) in [5.41, 5.74) is 3.69. The summed E-state index contributed by atoms with van der Waals surface area (Å²) >= 11 is 0. The monoisotopic (exact) mass is 503 g/mol. The fourth-order valence-electron chi connectivity index (χ4n) is 4.33. The zero-order valence-corrected chi connectivity index (χ0v) is 21.0. The van der Waals surface area contributed by atoms with Gasteiger partial charge in [0.05, 0.1) is 25.9 Å². The Labute approximate surface area is 216 Å². The van der Waals surface area contributed by atoms with Crippen LogP contribution in [-0.4, -0.2) is 84.2 Å². The van der Waals surface area contributed by atoms with Gasteiger partial charge < -0.3 is 30.2 Å². The molecule has 0 spiro atoms. The summed E-state index contributed by atoms with van der Waals surface area (Å²) in [6.45, 7) is 4.86. The molecule has 1 aliphatic rings. The lowest BCUT2D eigenvalue weighted by molar-refractivity contribution is -0.117. The molecule has 1 amide bonds. The van der Waals surface area contributed by atoms with Gasteiger partial charge in [-0.2, -0.15) is 5.26 Å². The summed E-state index contributed by atoms with van der Waals surface area (Å²) in [6.07, 6.45) is 0.445. The maximum Gasteiger partial charge on any atom is 0.262 e. The Morgan fingerprint density at radius 1 is 1.16 bits per heavy atom. The summed E-state index contributed by atoms with van der Waals surface area (Å²) in [4.78, 5) is 14.7. The van der Waals surface area contributed by atoms with E-state index in [2.05, 4.69) is 51.9 Å². The first-order chi connectivity index (χ1) is 18.0. The first-order valence-corrected chi connectivity index (χ1v) is 12.4. The Morgan fingerprint density at radius 2 is 1.92 bits per heavy atom. The molecule has 1 saturated heterocycles. The van der Waals surface area contributed by atoms with Crippen LogP contribution in [0.3, 0.4) is 0 Å². The van der Waals surface area contributed by atoms with Crippen molar-refractivity contribution in [2.75, 3.05) is 57.9 Å². The summed E-state index contributed by atoms with van der Waals surface area (Å²) in [7, 11) is 1.88. The number of aliphatic hydroxyl groups excluding tert-OH is 2. The van der Waals surface area contributed by atoms with E-state index in [9.17, 15) is 15.2 Å². The quantitative estimate of drug-likeness (QED) is 0.246. The van der Waals surface area contributed by atoms with Crippen LogP contribution in [0, 0.1) is 11.3 Å². The number of nitriles is 1. The Hall–Kier alpha value is -3.68. The molecule has 4 N–H and O–H groups in total. The predicted molar refractivity (Wildman–Crippen MR) is 144 cm³/mol. The van der Waals surface area contributed by atoms with Gasteiger partial charge in [-0.1, -0.05) is 18.2 Å². The molecule has 1 atom stereocenters. The number of carbonyl (C=O) groups is 1. The van der Waals surface area contributed by atoms with Crippen LogP contribution in [-0.2, 0) is 16.6 Å². The Bertz CT molecular complexity index is 1300. The van der Waals surface area contributed by atoms with Crippen molar-refractivity contribution in [1.29, 1.82) is 5.26 Å². The number of fused-ring (bicyclic) bond motifs is 1. The lowest BCUT2D eigenvalue weighted by atomic mass is 10.0. The fraction of sp³-hybridized carbons (Fsp3) is 0.357. The highest BCUT2D eigenvalue weighted by Crippen LogP contribution is 2.28. The van der Waals surface area contributed by atoms with E-state index in [0.717, 1.165) is 67.1 Å². The van der Waals surface area contributed by atoms with E-state index in [0.29, 0.717) is 5.69 Å². The van der Waals surface area contributed by atoms with E-state index in [1.165, 1.54) is 6.08 Å². The molecule has 3 aromatic rings. The first-order valence-electron chi connectivity index (χ1n) is 12.4. The highest BCUT2D eigenvalue weighted by atomic mass is 16.5. The zero-order chi connectivity index (χ0) is 26.2. The molecular formula is C28H33N5O4. The molecule has 0 radical (unpaired) electrons. The second kappa shape index (κ2) is 12.5. The van der Waals surface area contributed by atoms with Gasteiger partial charge in [-0.05, 0) is 52.7 Å². The van der Waals surface area contributed by atoms with Gasteiger partial charge in [0.25, 0.3) is 5.91 Å². The molecule has 0 bridgehead atoms. The Morgan fingerprint density at radius 3 is 2.68 bits per heavy atom. The van der Waals surface area contributed by atoms with Crippen molar-refractivity contribution in [3.63, 3.8) is 0 Å². The number of aromatic nitrogens is 1. The summed E-state index contributed by atoms with van der Waals surface area (Å²) in [5.74, 6) is -0.599. The highest BCUT2D eigenvalue weighted by molar-refractivity contribution is 6.01. The van der Waals surface area contributed by atoms with Crippen LogP contribution >= 0.6 is 0 Å². The number of aliphatic hydroxyl groups is 2. The van der Waals surface area contributed by atoms with Gasteiger partial charge in [0.1, 0.15) is 11.6 Å². The van der Waals surface area contributed by atoms with Crippen LogP contribution in [0.1, 0.15) is 5.69 Å². The number of morpholine rings is 1. The number of hydrogen-bond donors (Lipinski definition) is 4. The normalized spacial score (nSPS) is 15.4. The van der Waals surface area contributed by atoms with Gasteiger partial charge in [-0.3, -0.25) is 9.69 Å². The third-order valence-corrected chi connectivity index (χ3v) is 6.52. The summed E-state index contributed by atoms with van der Waals surface area (Å²) in [5, 5.41) is 36.0. The molecule has 9 heteroatoms. The lowest BCUT2D eigenvalue weighted by Gasteiger charge is -2.26.